The minimum atomic E-state index is -0.413. The second-order valence-corrected chi connectivity index (χ2v) is 8.60. The van der Waals surface area contributed by atoms with Crippen LogP contribution in [0.1, 0.15) is 11.3 Å². The maximum atomic E-state index is 13.2. The number of carbonyl (C=O) groups excluding carboxylic acids is 1. The summed E-state index contributed by atoms with van der Waals surface area (Å²) in [6, 6.07) is 11.7. The van der Waals surface area contributed by atoms with Crippen LogP contribution in [-0.4, -0.2) is 41.4 Å². The number of benzene rings is 2. The Morgan fingerprint density at radius 2 is 2.03 bits per heavy atom. The molecule has 0 fully saturated rings. The first-order valence-electron chi connectivity index (χ1n) is 9.78. The number of thiazole rings is 1. The van der Waals surface area contributed by atoms with Crippen molar-refractivity contribution < 1.29 is 13.9 Å². The fourth-order valence-corrected chi connectivity index (χ4v) is 4.37. The Balaban J connectivity index is 1.47. The maximum Gasteiger partial charge on any atom is 0.239 e. The Morgan fingerprint density at radius 3 is 2.72 bits per heavy atom. The lowest BCUT2D eigenvalue weighted by Crippen LogP contribution is -2.34. The molecule has 1 N–H and O–H groups in total. The molecule has 0 spiro atoms. The summed E-state index contributed by atoms with van der Waals surface area (Å²) in [4.78, 5) is 18.9. The van der Waals surface area contributed by atoms with Gasteiger partial charge in [-0.05, 0) is 48.9 Å². The van der Waals surface area contributed by atoms with Gasteiger partial charge in [-0.2, -0.15) is 10.1 Å². The molecule has 166 valence electrons. The second-order valence-electron chi connectivity index (χ2n) is 7.21. The van der Waals surface area contributed by atoms with Crippen LogP contribution in [0.2, 0.25) is 5.02 Å². The largest absolute Gasteiger partial charge is 0.497 e. The summed E-state index contributed by atoms with van der Waals surface area (Å²) in [6.45, 7) is 2.27. The molecule has 0 aliphatic heterocycles. The van der Waals surface area contributed by atoms with Gasteiger partial charge in [0.05, 0.1) is 29.7 Å². The van der Waals surface area contributed by atoms with Gasteiger partial charge in [-0.3, -0.25) is 4.79 Å². The van der Waals surface area contributed by atoms with Crippen molar-refractivity contribution in [3.63, 3.8) is 0 Å². The number of methoxy groups -OCH3 is 1. The fourth-order valence-electron chi connectivity index (χ4n) is 3.19. The highest BCUT2D eigenvalue weighted by Gasteiger charge is 2.18. The average molecular weight is 474 g/mol. The van der Waals surface area contributed by atoms with Gasteiger partial charge in [0.1, 0.15) is 11.6 Å². The number of ether oxygens (including phenoxy) is 1. The zero-order chi connectivity index (χ0) is 22.8. The molecule has 4 aromatic rings. The van der Waals surface area contributed by atoms with Crippen LogP contribution in [0, 0.1) is 12.7 Å². The highest BCUT2D eigenvalue weighted by Crippen LogP contribution is 2.32. The molecule has 0 atom stereocenters. The topological polar surface area (TPSA) is 72.3 Å². The maximum absolute atomic E-state index is 13.2. The van der Waals surface area contributed by atoms with Crippen molar-refractivity contribution in [1.82, 2.24) is 20.1 Å². The summed E-state index contributed by atoms with van der Waals surface area (Å²) in [5.41, 5.74) is 3.12. The molecule has 0 unspecified atom stereocenters. The van der Waals surface area contributed by atoms with Crippen LogP contribution in [0.5, 0.6) is 5.75 Å². The molecule has 4 rings (SSSR count). The number of nitrogens with one attached hydrogen (secondary N) is 1. The standard InChI is InChI=1S/C22H21ClFN5O2S/c1-13-20-21(29(27-13)16-6-8-17(31-3)9-7-16)26-22(32-20)28(2)12-19(30)25-11-14-4-5-15(24)10-18(14)23/h4-10H,11-12H2,1-3H3,(H,25,30). The van der Waals surface area contributed by atoms with Crippen molar-refractivity contribution in [3.05, 3.63) is 64.6 Å². The van der Waals surface area contributed by atoms with Crippen LogP contribution in [-0.2, 0) is 11.3 Å². The number of hydrogen-bond donors (Lipinski definition) is 1. The van der Waals surface area contributed by atoms with Gasteiger partial charge in [0.2, 0.25) is 5.91 Å². The third-order valence-electron chi connectivity index (χ3n) is 4.89. The van der Waals surface area contributed by atoms with Crippen LogP contribution in [0.15, 0.2) is 42.5 Å². The smallest absolute Gasteiger partial charge is 0.239 e. The Bertz CT molecular complexity index is 1270. The van der Waals surface area contributed by atoms with Crippen LogP contribution < -0.4 is 15.0 Å². The number of aryl methyl sites for hydroxylation is 1. The molecule has 0 aliphatic rings. The van der Waals surface area contributed by atoms with E-state index in [2.05, 4.69) is 10.4 Å². The minimum Gasteiger partial charge on any atom is -0.497 e. The molecule has 32 heavy (non-hydrogen) atoms. The molecule has 0 aliphatic carbocycles. The summed E-state index contributed by atoms with van der Waals surface area (Å²) < 4.78 is 21.1. The van der Waals surface area contributed by atoms with Crippen LogP contribution in [0.3, 0.4) is 0 Å². The summed E-state index contributed by atoms with van der Waals surface area (Å²) in [7, 11) is 3.43. The number of rotatable bonds is 7. The zero-order valence-corrected chi connectivity index (χ0v) is 19.3. The predicted octanol–water partition coefficient (Wildman–Crippen LogP) is 4.34. The first-order valence-corrected chi connectivity index (χ1v) is 11.0. The quantitative estimate of drug-likeness (QED) is 0.432. The molecule has 2 aromatic heterocycles. The van der Waals surface area contributed by atoms with Crippen molar-refractivity contribution >= 4 is 44.3 Å². The molecule has 0 saturated heterocycles. The van der Waals surface area contributed by atoms with E-state index in [1.54, 1.807) is 22.8 Å². The Kier molecular flexibility index (Phi) is 6.29. The van der Waals surface area contributed by atoms with Crippen LogP contribution in [0.4, 0.5) is 9.52 Å². The van der Waals surface area contributed by atoms with Crippen molar-refractivity contribution in [3.8, 4) is 11.4 Å². The van der Waals surface area contributed by atoms with E-state index in [1.165, 1.54) is 23.5 Å². The predicted molar refractivity (Wildman–Crippen MR) is 125 cm³/mol. The first kappa shape index (κ1) is 22.0. The Hall–Kier alpha value is -3.17. The summed E-state index contributed by atoms with van der Waals surface area (Å²) >= 11 is 7.50. The van der Waals surface area contributed by atoms with Gasteiger partial charge < -0.3 is 15.0 Å². The van der Waals surface area contributed by atoms with E-state index in [1.807, 2.05) is 38.2 Å². The molecular weight excluding hydrogens is 453 g/mol. The van der Waals surface area contributed by atoms with Crippen molar-refractivity contribution in [1.29, 1.82) is 0 Å². The number of hydrogen-bond acceptors (Lipinski definition) is 6. The van der Waals surface area contributed by atoms with Crippen molar-refractivity contribution in [2.45, 2.75) is 13.5 Å². The fraction of sp³-hybridized carbons (Fsp3) is 0.227. The Labute approximate surface area is 193 Å². The number of amides is 1. The molecule has 2 heterocycles. The molecule has 2 aromatic carbocycles. The number of nitrogens with zero attached hydrogens (tertiary/aromatic N) is 4. The number of anilines is 1. The number of fused-ring (bicyclic) bond motifs is 1. The van der Waals surface area contributed by atoms with E-state index in [-0.39, 0.29) is 24.0 Å². The van der Waals surface area contributed by atoms with E-state index >= 15 is 0 Å². The molecular formula is C22H21ClFN5O2S. The zero-order valence-electron chi connectivity index (χ0n) is 17.7. The normalized spacial score (nSPS) is 11.0. The van der Waals surface area contributed by atoms with Crippen molar-refractivity contribution in [2.75, 3.05) is 25.6 Å². The van der Waals surface area contributed by atoms with E-state index in [0.29, 0.717) is 10.7 Å². The van der Waals surface area contributed by atoms with Crippen LogP contribution >= 0.6 is 22.9 Å². The van der Waals surface area contributed by atoms with Crippen LogP contribution in [0.25, 0.3) is 16.0 Å². The third-order valence-corrected chi connectivity index (χ3v) is 6.51. The lowest BCUT2D eigenvalue weighted by Gasteiger charge is -2.15. The Morgan fingerprint density at radius 1 is 1.28 bits per heavy atom. The van der Waals surface area contributed by atoms with Gasteiger partial charge in [-0.25, -0.2) is 9.07 Å². The van der Waals surface area contributed by atoms with Gasteiger partial charge in [0.25, 0.3) is 0 Å². The SMILES string of the molecule is COc1ccc(-n2nc(C)c3sc(N(C)CC(=O)NCc4ccc(F)cc4Cl)nc32)cc1. The average Bonchev–Trinajstić information content (AvgIpc) is 3.34. The number of aromatic nitrogens is 3. The molecule has 7 nitrogen and oxygen atoms in total. The molecule has 1 amide bonds. The summed E-state index contributed by atoms with van der Waals surface area (Å²) in [5.74, 6) is 0.158. The number of halogens is 2. The highest BCUT2D eigenvalue weighted by molar-refractivity contribution is 7.22. The molecule has 0 saturated carbocycles. The minimum absolute atomic E-state index is 0.115. The molecule has 0 bridgehead atoms. The van der Waals surface area contributed by atoms with E-state index in [4.69, 9.17) is 21.3 Å². The lowest BCUT2D eigenvalue weighted by atomic mass is 10.2. The summed E-state index contributed by atoms with van der Waals surface area (Å²) in [6.07, 6.45) is 0. The lowest BCUT2D eigenvalue weighted by molar-refractivity contribution is -0.119. The first-order chi connectivity index (χ1) is 15.4. The monoisotopic (exact) mass is 473 g/mol. The number of likely N-dealkylation sites (N-methyl/N-ethyl adjacent to an activating group) is 1. The second kappa shape index (κ2) is 9.13. The molecule has 0 radical (unpaired) electrons. The van der Waals surface area contributed by atoms with Gasteiger partial charge in [-0.15, -0.1) is 0 Å². The van der Waals surface area contributed by atoms with Gasteiger partial charge in [0.15, 0.2) is 10.8 Å². The molecule has 10 heteroatoms. The number of carbonyl (C=O) groups is 1. The van der Waals surface area contributed by atoms with E-state index in [0.717, 1.165) is 27.5 Å². The van der Waals surface area contributed by atoms with E-state index < -0.39 is 5.82 Å². The van der Waals surface area contributed by atoms with Crippen molar-refractivity contribution in [2.24, 2.45) is 0 Å². The van der Waals surface area contributed by atoms with Gasteiger partial charge in [0, 0.05) is 18.6 Å². The van der Waals surface area contributed by atoms with Gasteiger partial charge in [-0.1, -0.05) is 29.0 Å². The van der Waals surface area contributed by atoms with Gasteiger partial charge >= 0.3 is 0 Å². The van der Waals surface area contributed by atoms with E-state index in [9.17, 15) is 9.18 Å². The summed E-state index contributed by atoms with van der Waals surface area (Å²) in [5, 5.41) is 8.40. The third kappa shape index (κ3) is 4.53. The highest BCUT2D eigenvalue weighted by atomic mass is 35.5.